The lowest BCUT2D eigenvalue weighted by molar-refractivity contribution is -0.0663. The Kier molecular flexibility index (Phi) is 5.21. The third kappa shape index (κ3) is 3.69. The Labute approximate surface area is 119 Å². The molecule has 1 aliphatic heterocycles. The highest BCUT2D eigenvalue weighted by molar-refractivity contribution is 6.31. The minimum absolute atomic E-state index is 0.166. The zero-order valence-electron chi connectivity index (χ0n) is 11.5. The normalized spacial score (nSPS) is 21.8. The van der Waals surface area contributed by atoms with Gasteiger partial charge in [0.05, 0.1) is 29.6 Å². The number of rotatable bonds is 5. The fourth-order valence-corrected chi connectivity index (χ4v) is 2.58. The van der Waals surface area contributed by atoms with Crippen LogP contribution in [0.1, 0.15) is 31.1 Å². The van der Waals surface area contributed by atoms with Gasteiger partial charge in [0, 0.05) is 13.2 Å². The first-order chi connectivity index (χ1) is 9.09. The molecule has 6 heteroatoms. The number of halogens is 1. The summed E-state index contributed by atoms with van der Waals surface area (Å²) in [7, 11) is 4.01. The molecular formula is C13H22ClN3O2. The Balaban J connectivity index is 2.10. The van der Waals surface area contributed by atoms with Crippen molar-refractivity contribution in [2.45, 2.75) is 38.0 Å². The highest BCUT2D eigenvalue weighted by atomic mass is 35.5. The summed E-state index contributed by atoms with van der Waals surface area (Å²) < 4.78 is 7.42. The Hall–Kier alpha value is -0.620. The summed E-state index contributed by atoms with van der Waals surface area (Å²) in [6, 6.07) is 0. The second-order valence-electron chi connectivity index (χ2n) is 5.25. The van der Waals surface area contributed by atoms with Crippen LogP contribution < -0.4 is 0 Å². The molecule has 1 fully saturated rings. The molecule has 0 aromatic carbocycles. The number of aromatic nitrogens is 2. The topological polar surface area (TPSA) is 50.5 Å². The van der Waals surface area contributed by atoms with E-state index in [-0.39, 0.29) is 6.10 Å². The van der Waals surface area contributed by atoms with Crippen LogP contribution >= 0.6 is 11.6 Å². The molecule has 2 rings (SSSR count). The van der Waals surface area contributed by atoms with Gasteiger partial charge in [0.15, 0.2) is 0 Å². The average molecular weight is 288 g/mol. The van der Waals surface area contributed by atoms with Crippen molar-refractivity contribution in [3.05, 3.63) is 16.9 Å². The molecular weight excluding hydrogens is 266 g/mol. The van der Waals surface area contributed by atoms with Crippen LogP contribution in [0, 0.1) is 0 Å². The summed E-state index contributed by atoms with van der Waals surface area (Å²) in [4.78, 5) is 2.07. The van der Waals surface area contributed by atoms with Gasteiger partial charge in [-0.1, -0.05) is 11.6 Å². The lowest BCUT2D eigenvalue weighted by atomic mass is 10.0. The molecule has 0 aliphatic carbocycles. The minimum Gasteiger partial charge on any atom is -0.384 e. The first-order valence-corrected chi connectivity index (χ1v) is 7.13. The van der Waals surface area contributed by atoms with Crippen LogP contribution in [0.15, 0.2) is 6.20 Å². The summed E-state index contributed by atoms with van der Waals surface area (Å²) in [6.07, 6.45) is 3.76. The van der Waals surface area contributed by atoms with Crippen LogP contribution in [0.5, 0.6) is 0 Å². The number of aliphatic hydroxyl groups is 1. The smallest absolute Gasteiger partial charge is 0.123 e. The van der Waals surface area contributed by atoms with Crippen molar-refractivity contribution < 1.29 is 9.84 Å². The van der Waals surface area contributed by atoms with E-state index in [2.05, 4.69) is 10.00 Å². The Morgan fingerprint density at radius 2 is 2.37 bits per heavy atom. The molecule has 0 radical (unpaired) electrons. The van der Waals surface area contributed by atoms with Crippen LogP contribution in [0.25, 0.3) is 0 Å². The van der Waals surface area contributed by atoms with Gasteiger partial charge in [-0.25, -0.2) is 0 Å². The van der Waals surface area contributed by atoms with E-state index in [1.807, 2.05) is 14.1 Å². The molecule has 2 unspecified atom stereocenters. The maximum Gasteiger partial charge on any atom is 0.123 e. The van der Waals surface area contributed by atoms with Crippen molar-refractivity contribution in [1.82, 2.24) is 14.7 Å². The molecule has 0 saturated carbocycles. The average Bonchev–Trinajstić information content (AvgIpc) is 2.78. The summed E-state index contributed by atoms with van der Waals surface area (Å²) >= 11 is 6.16. The van der Waals surface area contributed by atoms with Gasteiger partial charge in [0.1, 0.15) is 6.10 Å². The van der Waals surface area contributed by atoms with Gasteiger partial charge in [-0.15, -0.1) is 0 Å². The predicted octanol–water partition coefficient (Wildman–Crippen LogP) is 1.70. The quantitative estimate of drug-likeness (QED) is 0.896. The summed E-state index contributed by atoms with van der Waals surface area (Å²) in [5, 5.41) is 15.2. The number of ether oxygens (including phenoxy) is 1. The van der Waals surface area contributed by atoms with Gasteiger partial charge in [-0.2, -0.15) is 5.10 Å². The van der Waals surface area contributed by atoms with E-state index in [0.29, 0.717) is 23.9 Å². The van der Waals surface area contributed by atoms with Gasteiger partial charge in [0.25, 0.3) is 0 Å². The molecule has 5 nitrogen and oxygen atoms in total. The van der Waals surface area contributed by atoms with Crippen molar-refractivity contribution in [1.29, 1.82) is 0 Å². The fourth-order valence-electron chi connectivity index (χ4n) is 2.33. The Bertz CT molecular complexity index is 403. The number of aliphatic hydroxyl groups excluding tert-OH is 1. The fraction of sp³-hybridized carbons (Fsp3) is 0.769. The minimum atomic E-state index is -0.697. The van der Waals surface area contributed by atoms with E-state index in [0.717, 1.165) is 25.8 Å². The molecule has 1 aromatic rings. The Morgan fingerprint density at radius 3 is 3.00 bits per heavy atom. The standard InChI is InChI=1S/C13H22ClN3O2/c1-16(2)6-7-17-12(10(14)9-15-17)13(18)11-5-3-4-8-19-11/h9,11,13,18H,3-8H2,1-2H3. The van der Waals surface area contributed by atoms with Crippen molar-refractivity contribution in [3.8, 4) is 0 Å². The lowest BCUT2D eigenvalue weighted by Gasteiger charge is -2.27. The van der Waals surface area contributed by atoms with E-state index in [1.54, 1.807) is 10.9 Å². The van der Waals surface area contributed by atoms with Crippen LogP contribution in [0.3, 0.4) is 0 Å². The largest absolute Gasteiger partial charge is 0.384 e. The lowest BCUT2D eigenvalue weighted by Crippen LogP contribution is -2.29. The molecule has 108 valence electrons. The Morgan fingerprint density at radius 1 is 1.58 bits per heavy atom. The van der Waals surface area contributed by atoms with E-state index in [9.17, 15) is 5.11 Å². The van der Waals surface area contributed by atoms with Crippen molar-refractivity contribution in [2.75, 3.05) is 27.2 Å². The third-order valence-corrected chi connectivity index (χ3v) is 3.73. The van der Waals surface area contributed by atoms with Gasteiger partial charge in [0.2, 0.25) is 0 Å². The van der Waals surface area contributed by atoms with E-state index in [1.165, 1.54) is 0 Å². The van der Waals surface area contributed by atoms with Crippen LogP contribution in [0.4, 0.5) is 0 Å². The monoisotopic (exact) mass is 287 g/mol. The molecule has 0 spiro atoms. The van der Waals surface area contributed by atoms with Crippen LogP contribution in [0.2, 0.25) is 5.02 Å². The van der Waals surface area contributed by atoms with Gasteiger partial charge >= 0.3 is 0 Å². The van der Waals surface area contributed by atoms with Crippen molar-refractivity contribution >= 4 is 11.6 Å². The highest BCUT2D eigenvalue weighted by Gasteiger charge is 2.28. The molecule has 0 amide bonds. The first kappa shape index (κ1) is 14.8. The molecule has 2 atom stereocenters. The van der Waals surface area contributed by atoms with Crippen LogP contribution in [-0.2, 0) is 11.3 Å². The van der Waals surface area contributed by atoms with Gasteiger partial charge in [-0.3, -0.25) is 4.68 Å². The number of likely N-dealkylation sites (N-methyl/N-ethyl adjacent to an activating group) is 1. The summed E-state index contributed by atoms with van der Waals surface area (Å²) in [5.74, 6) is 0. The summed E-state index contributed by atoms with van der Waals surface area (Å²) in [5.41, 5.74) is 0.676. The molecule has 2 heterocycles. The van der Waals surface area contributed by atoms with Crippen molar-refractivity contribution in [3.63, 3.8) is 0 Å². The number of hydrogen-bond acceptors (Lipinski definition) is 4. The molecule has 1 aromatic heterocycles. The second kappa shape index (κ2) is 6.70. The maximum absolute atomic E-state index is 10.5. The van der Waals surface area contributed by atoms with E-state index in [4.69, 9.17) is 16.3 Å². The molecule has 0 bridgehead atoms. The van der Waals surface area contributed by atoms with E-state index < -0.39 is 6.10 Å². The van der Waals surface area contributed by atoms with Crippen LogP contribution in [-0.4, -0.2) is 53.1 Å². The highest BCUT2D eigenvalue weighted by Crippen LogP contribution is 2.30. The SMILES string of the molecule is CN(C)CCn1ncc(Cl)c1C(O)C1CCCCO1. The van der Waals surface area contributed by atoms with Gasteiger partial charge in [-0.05, 0) is 33.4 Å². The molecule has 19 heavy (non-hydrogen) atoms. The number of hydrogen-bond donors (Lipinski definition) is 1. The zero-order valence-corrected chi connectivity index (χ0v) is 12.3. The predicted molar refractivity (Wildman–Crippen MR) is 74.3 cm³/mol. The maximum atomic E-state index is 10.5. The van der Waals surface area contributed by atoms with Crippen molar-refractivity contribution in [2.24, 2.45) is 0 Å². The first-order valence-electron chi connectivity index (χ1n) is 6.75. The molecule has 1 aliphatic rings. The summed E-state index contributed by atoms with van der Waals surface area (Å²) in [6.45, 7) is 2.27. The number of nitrogens with zero attached hydrogens (tertiary/aromatic N) is 3. The van der Waals surface area contributed by atoms with E-state index >= 15 is 0 Å². The second-order valence-corrected chi connectivity index (χ2v) is 5.66. The zero-order chi connectivity index (χ0) is 13.8. The third-order valence-electron chi connectivity index (χ3n) is 3.44. The molecule has 1 N–H and O–H groups in total. The molecule has 1 saturated heterocycles. The van der Waals surface area contributed by atoms with Gasteiger partial charge < -0.3 is 14.7 Å².